The molecule has 104 valence electrons. The van der Waals surface area contributed by atoms with Crippen molar-refractivity contribution in [1.82, 2.24) is 19.1 Å². The van der Waals surface area contributed by atoms with Crippen LogP contribution in [0.15, 0.2) is 18.6 Å². The van der Waals surface area contributed by atoms with Crippen LogP contribution >= 0.6 is 0 Å². The molecule has 19 heavy (non-hydrogen) atoms. The molecule has 2 rings (SSSR count). The Hall–Kier alpha value is -1.82. The van der Waals surface area contributed by atoms with Crippen LogP contribution in [-0.2, 0) is 18.3 Å². The molecule has 0 spiro atoms. The maximum absolute atomic E-state index is 5.04. The summed E-state index contributed by atoms with van der Waals surface area (Å²) in [5.41, 5.74) is 1.00. The summed E-state index contributed by atoms with van der Waals surface area (Å²) in [5.74, 6) is 1.90. The van der Waals surface area contributed by atoms with Crippen LogP contribution in [0.4, 0.5) is 5.95 Å². The number of ether oxygens (including phenoxy) is 1. The molecular weight excluding hydrogens is 242 g/mol. The second kappa shape index (κ2) is 6.38. The lowest BCUT2D eigenvalue weighted by atomic mass is 10.4. The van der Waals surface area contributed by atoms with Gasteiger partial charge in [-0.1, -0.05) is 0 Å². The molecule has 0 saturated heterocycles. The number of nitrogens with zero attached hydrogens (tertiary/aromatic N) is 4. The number of methoxy groups -OCH3 is 1. The van der Waals surface area contributed by atoms with Gasteiger partial charge in [-0.25, -0.2) is 9.97 Å². The molecule has 6 nitrogen and oxygen atoms in total. The topological polar surface area (TPSA) is 56.9 Å². The first kappa shape index (κ1) is 13.6. The molecule has 0 aromatic carbocycles. The standard InChI is InChI=1S/C13H21N5O/c1-11-9-18(10-12-14-6-7-17(12)2)13(16-11)15-5-4-8-19-3/h6-7,9H,4-5,8,10H2,1-3H3,(H,15,16). The highest BCUT2D eigenvalue weighted by Gasteiger charge is 2.08. The van der Waals surface area contributed by atoms with Crippen LogP contribution in [0.2, 0.25) is 0 Å². The first-order valence-corrected chi connectivity index (χ1v) is 6.43. The minimum absolute atomic E-state index is 0.719. The van der Waals surface area contributed by atoms with Crippen molar-refractivity contribution in [1.29, 1.82) is 0 Å². The minimum atomic E-state index is 0.719. The second-order valence-electron chi connectivity index (χ2n) is 4.56. The predicted molar refractivity (Wildman–Crippen MR) is 74.3 cm³/mol. The Labute approximate surface area is 113 Å². The van der Waals surface area contributed by atoms with Crippen LogP contribution in [-0.4, -0.2) is 39.4 Å². The smallest absolute Gasteiger partial charge is 0.203 e. The maximum atomic E-state index is 5.04. The number of anilines is 1. The van der Waals surface area contributed by atoms with Crippen molar-refractivity contribution >= 4 is 5.95 Å². The van der Waals surface area contributed by atoms with E-state index in [-0.39, 0.29) is 0 Å². The van der Waals surface area contributed by atoms with Gasteiger partial charge in [-0.15, -0.1) is 0 Å². The number of aryl methyl sites for hydroxylation is 2. The summed E-state index contributed by atoms with van der Waals surface area (Å²) >= 11 is 0. The molecule has 0 aliphatic heterocycles. The molecule has 0 aliphatic carbocycles. The van der Waals surface area contributed by atoms with E-state index in [1.807, 2.05) is 37.1 Å². The number of imidazole rings is 2. The average Bonchev–Trinajstić information content (AvgIpc) is 2.93. The normalized spacial score (nSPS) is 10.9. The molecule has 0 fully saturated rings. The first-order valence-electron chi connectivity index (χ1n) is 6.43. The number of aromatic nitrogens is 4. The third-order valence-electron chi connectivity index (χ3n) is 2.94. The molecule has 1 N–H and O–H groups in total. The number of nitrogens with one attached hydrogen (secondary N) is 1. The summed E-state index contributed by atoms with van der Waals surface area (Å²) < 4.78 is 9.14. The Morgan fingerprint density at radius 2 is 2.26 bits per heavy atom. The molecule has 0 atom stereocenters. The van der Waals surface area contributed by atoms with Crippen molar-refractivity contribution < 1.29 is 4.74 Å². The minimum Gasteiger partial charge on any atom is -0.385 e. The van der Waals surface area contributed by atoms with Crippen molar-refractivity contribution in [3.05, 3.63) is 30.1 Å². The Morgan fingerprint density at radius 3 is 2.95 bits per heavy atom. The largest absolute Gasteiger partial charge is 0.385 e. The molecule has 0 amide bonds. The first-order chi connectivity index (χ1) is 9.20. The molecular formula is C13H21N5O. The van der Waals surface area contributed by atoms with E-state index in [1.54, 1.807) is 7.11 Å². The number of rotatable bonds is 7. The maximum Gasteiger partial charge on any atom is 0.203 e. The molecule has 2 aromatic rings. The van der Waals surface area contributed by atoms with Crippen LogP contribution in [0.3, 0.4) is 0 Å². The van der Waals surface area contributed by atoms with Gasteiger partial charge in [-0.3, -0.25) is 0 Å². The Kier molecular flexibility index (Phi) is 4.57. The van der Waals surface area contributed by atoms with E-state index in [9.17, 15) is 0 Å². The lowest BCUT2D eigenvalue weighted by molar-refractivity contribution is 0.197. The molecule has 2 aromatic heterocycles. The van der Waals surface area contributed by atoms with Gasteiger partial charge in [0.25, 0.3) is 0 Å². The third kappa shape index (κ3) is 3.57. The van der Waals surface area contributed by atoms with Crippen LogP contribution in [0.25, 0.3) is 0 Å². The summed E-state index contributed by atoms with van der Waals surface area (Å²) in [6, 6.07) is 0. The highest BCUT2D eigenvalue weighted by Crippen LogP contribution is 2.11. The van der Waals surface area contributed by atoms with Crippen molar-refractivity contribution in [2.24, 2.45) is 7.05 Å². The summed E-state index contributed by atoms with van der Waals surface area (Å²) in [6.45, 7) is 4.32. The van der Waals surface area contributed by atoms with Crippen LogP contribution < -0.4 is 5.32 Å². The molecule has 6 heteroatoms. The third-order valence-corrected chi connectivity index (χ3v) is 2.94. The SMILES string of the molecule is COCCCNc1nc(C)cn1Cc1nccn1C. The van der Waals surface area contributed by atoms with E-state index < -0.39 is 0 Å². The summed E-state index contributed by atoms with van der Waals surface area (Å²) in [5, 5.41) is 3.34. The fourth-order valence-corrected chi connectivity index (χ4v) is 1.93. The average molecular weight is 263 g/mol. The highest BCUT2D eigenvalue weighted by atomic mass is 16.5. The Bertz CT molecular complexity index is 517. The number of hydrogen-bond acceptors (Lipinski definition) is 4. The van der Waals surface area contributed by atoms with Gasteiger partial charge in [0.2, 0.25) is 5.95 Å². The van der Waals surface area contributed by atoms with E-state index in [1.165, 1.54) is 0 Å². The molecule has 0 bridgehead atoms. The lowest BCUT2D eigenvalue weighted by Crippen LogP contribution is -2.12. The molecule has 0 unspecified atom stereocenters. The summed E-state index contributed by atoms with van der Waals surface area (Å²) in [7, 11) is 3.71. The predicted octanol–water partition coefficient (Wildman–Crippen LogP) is 1.42. The summed E-state index contributed by atoms with van der Waals surface area (Å²) in [4.78, 5) is 8.83. The summed E-state index contributed by atoms with van der Waals surface area (Å²) in [6.07, 6.45) is 6.76. The van der Waals surface area contributed by atoms with Gasteiger partial charge in [0.1, 0.15) is 5.82 Å². The Morgan fingerprint density at radius 1 is 1.42 bits per heavy atom. The molecule has 0 aliphatic rings. The van der Waals surface area contributed by atoms with Gasteiger partial charge < -0.3 is 19.2 Å². The van der Waals surface area contributed by atoms with Gasteiger partial charge in [0.15, 0.2) is 0 Å². The molecule has 2 heterocycles. The van der Waals surface area contributed by atoms with E-state index in [0.29, 0.717) is 0 Å². The van der Waals surface area contributed by atoms with Gasteiger partial charge in [0, 0.05) is 45.9 Å². The second-order valence-corrected chi connectivity index (χ2v) is 4.56. The number of hydrogen-bond donors (Lipinski definition) is 1. The van der Waals surface area contributed by atoms with Gasteiger partial charge >= 0.3 is 0 Å². The van der Waals surface area contributed by atoms with Crippen molar-refractivity contribution in [2.45, 2.75) is 19.9 Å². The molecule has 0 radical (unpaired) electrons. The van der Waals surface area contributed by atoms with E-state index in [4.69, 9.17) is 4.74 Å². The van der Waals surface area contributed by atoms with Crippen LogP contribution in [0.1, 0.15) is 17.9 Å². The monoisotopic (exact) mass is 263 g/mol. The fourth-order valence-electron chi connectivity index (χ4n) is 1.93. The van der Waals surface area contributed by atoms with Crippen molar-refractivity contribution in [2.75, 3.05) is 25.6 Å². The zero-order valence-corrected chi connectivity index (χ0v) is 11.8. The van der Waals surface area contributed by atoms with Gasteiger partial charge in [0.05, 0.1) is 12.2 Å². The van der Waals surface area contributed by atoms with E-state index >= 15 is 0 Å². The van der Waals surface area contributed by atoms with Crippen molar-refractivity contribution in [3.8, 4) is 0 Å². The van der Waals surface area contributed by atoms with Crippen LogP contribution in [0, 0.1) is 6.92 Å². The van der Waals surface area contributed by atoms with Crippen LogP contribution in [0.5, 0.6) is 0 Å². The molecule has 0 saturated carbocycles. The van der Waals surface area contributed by atoms with E-state index in [2.05, 4.69) is 19.9 Å². The zero-order valence-electron chi connectivity index (χ0n) is 11.8. The zero-order chi connectivity index (χ0) is 13.7. The quantitative estimate of drug-likeness (QED) is 0.768. The van der Waals surface area contributed by atoms with Gasteiger partial charge in [-0.05, 0) is 13.3 Å². The van der Waals surface area contributed by atoms with Crippen molar-refractivity contribution in [3.63, 3.8) is 0 Å². The fraction of sp³-hybridized carbons (Fsp3) is 0.538. The Balaban J connectivity index is 2.01. The highest BCUT2D eigenvalue weighted by molar-refractivity contribution is 5.29. The lowest BCUT2D eigenvalue weighted by Gasteiger charge is -2.09. The van der Waals surface area contributed by atoms with Gasteiger partial charge in [-0.2, -0.15) is 0 Å². The van der Waals surface area contributed by atoms with E-state index in [0.717, 1.165) is 43.6 Å².